The van der Waals surface area contributed by atoms with Gasteiger partial charge in [-0.05, 0) is 38.6 Å². The number of likely N-dealkylation sites (N-methyl/N-ethyl adjacent to an activating group) is 1. The lowest BCUT2D eigenvalue weighted by molar-refractivity contribution is -0.138. The zero-order chi connectivity index (χ0) is 21.3. The summed E-state index contributed by atoms with van der Waals surface area (Å²) in [6.07, 6.45) is -0.450. The Morgan fingerprint density at radius 2 is 1.79 bits per heavy atom. The maximum absolute atomic E-state index is 12.5. The van der Waals surface area contributed by atoms with Crippen molar-refractivity contribution in [3.8, 4) is 0 Å². The molecule has 1 aromatic carbocycles. The lowest BCUT2D eigenvalue weighted by Crippen LogP contribution is -2.55. The second-order valence-corrected chi connectivity index (χ2v) is 7.48. The van der Waals surface area contributed by atoms with Crippen molar-refractivity contribution in [1.29, 1.82) is 0 Å². The van der Waals surface area contributed by atoms with Gasteiger partial charge in [-0.1, -0.05) is 30.3 Å². The normalized spacial score (nSPS) is 11.7. The number of ether oxygens (including phenoxy) is 1. The molecule has 0 aliphatic rings. The van der Waals surface area contributed by atoms with Crippen molar-refractivity contribution in [3.05, 3.63) is 35.9 Å². The van der Waals surface area contributed by atoms with Crippen molar-refractivity contribution in [2.24, 2.45) is 5.73 Å². The summed E-state index contributed by atoms with van der Waals surface area (Å²) in [6, 6.07) is 8.37. The van der Waals surface area contributed by atoms with E-state index < -0.39 is 29.6 Å². The van der Waals surface area contributed by atoms with Gasteiger partial charge in [0.2, 0.25) is 5.91 Å². The molecule has 1 atom stereocenters. The molecule has 0 fully saturated rings. The molecular weight excluding hydrogens is 382 g/mol. The van der Waals surface area contributed by atoms with Gasteiger partial charge in [-0.15, -0.1) is 0 Å². The minimum Gasteiger partial charge on any atom is -0.444 e. The van der Waals surface area contributed by atoms with Crippen LogP contribution in [0.1, 0.15) is 26.3 Å². The highest BCUT2D eigenvalue weighted by Crippen LogP contribution is 2.09. The number of hydrogen-bond acceptors (Lipinski definition) is 5. The predicted octanol–water partition coefficient (Wildman–Crippen LogP) is 0.445. The highest BCUT2D eigenvalue weighted by atomic mass is 32.1. The topological polar surface area (TPSA) is 126 Å². The van der Waals surface area contributed by atoms with Crippen LogP contribution in [0, 0.1) is 0 Å². The number of carbonyl (C=O) groups excluding carboxylic acids is 3. The van der Waals surface area contributed by atoms with E-state index in [1.165, 1.54) is 11.9 Å². The van der Waals surface area contributed by atoms with Crippen molar-refractivity contribution in [2.45, 2.75) is 38.8 Å². The minimum atomic E-state index is -0.850. The molecule has 9 nitrogen and oxygen atoms in total. The van der Waals surface area contributed by atoms with Crippen LogP contribution in [0.25, 0.3) is 0 Å². The molecule has 28 heavy (non-hydrogen) atoms. The SMILES string of the molecule is CN(C(=O)CNC(=O)OC(C)(C)C)[C@@H](Cc1ccccc1)C(=O)NNC(N)=S. The van der Waals surface area contributed by atoms with E-state index in [1.54, 1.807) is 20.8 Å². The molecule has 3 amide bonds. The summed E-state index contributed by atoms with van der Waals surface area (Å²) in [4.78, 5) is 38.0. The van der Waals surface area contributed by atoms with Crippen LogP contribution in [-0.2, 0) is 20.7 Å². The Bertz CT molecular complexity index is 706. The highest BCUT2D eigenvalue weighted by Gasteiger charge is 2.28. The molecule has 0 radical (unpaired) electrons. The average Bonchev–Trinajstić information content (AvgIpc) is 2.61. The van der Waals surface area contributed by atoms with Crippen molar-refractivity contribution < 1.29 is 19.1 Å². The van der Waals surface area contributed by atoms with Gasteiger partial charge in [-0.3, -0.25) is 20.4 Å². The van der Waals surface area contributed by atoms with Gasteiger partial charge in [-0.2, -0.15) is 0 Å². The number of nitrogens with one attached hydrogen (secondary N) is 3. The molecule has 0 saturated heterocycles. The number of hydrazine groups is 1. The summed E-state index contributed by atoms with van der Waals surface area (Å²) in [5.41, 5.74) is 10.2. The van der Waals surface area contributed by atoms with Gasteiger partial charge in [0.15, 0.2) is 5.11 Å². The lowest BCUT2D eigenvalue weighted by Gasteiger charge is -2.28. The zero-order valence-corrected chi connectivity index (χ0v) is 17.3. The van der Waals surface area contributed by atoms with Gasteiger partial charge in [0.1, 0.15) is 18.2 Å². The molecule has 1 aromatic rings. The van der Waals surface area contributed by atoms with E-state index >= 15 is 0 Å². The Morgan fingerprint density at radius 3 is 2.32 bits per heavy atom. The standard InChI is InChI=1S/C18H27N5O4S/c1-18(2,3)27-17(26)20-11-14(24)23(4)13(15(25)21-22-16(19)28)10-12-8-6-5-7-9-12/h5-9,13H,10-11H2,1-4H3,(H,20,26)(H,21,25)(H3,19,22,28)/t13-/m0/s1. The summed E-state index contributed by atoms with van der Waals surface area (Å²) >= 11 is 4.67. The molecule has 10 heteroatoms. The summed E-state index contributed by atoms with van der Waals surface area (Å²) in [7, 11) is 1.48. The molecule has 0 aliphatic carbocycles. The van der Waals surface area contributed by atoms with Gasteiger partial charge in [0.25, 0.3) is 5.91 Å². The van der Waals surface area contributed by atoms with E-state index in [1.807, 2.05) is 30.3 Å². The molecule has 0 spiro atoms. The first-order valence-electron chi connectivity index (χ1n) is 8.61. The van der Waals surface area contributed by atoms with Crippen LogP contribution < -0.4 is 21.9 Å². The molecule has 0 saturated carbocycles. The Balaban J connectivity index is 2.80. The monoisotopic (exact) mass is 409 g/mol. The van der Waals surface area contributed by atoms with Crippen molar-refractivity contribution in [1.82, 2.24) is 21.1 Å². The van der Waals surface area contributed by atoms with Gasteiger partial charge in [-0.25, -0.2) is 4.79 Å². The highest BCUT2D eigenvalue weighted by molar-refractivity contribution is 7.80. The molecule has 0 heterocycles. The van der Waals surface area contributed by atoms with Crippen LogP contribution in [0.5, 0.6) is 0 Å². The second kappa shape index (κ2) is 10.5. The van der Waals surface area contributed by atoms with Crippen LogP contribution in [0.2, 0.25) is 0 Å². The van der Waals surface area contributed by atoms with Crippen LogP contribution >= 0.6 is 12.2 Å². The minimum absolute atomic E-state index is 0.104. The molecule has 0 aromatic heterocycles. The molecule has 5 N–H and O–H groups in total. The van der Waals surface area contributed by atoms with E-state index in [9.17, 15) is 14.4 Å². The smallest absolute Gasteiger partial charge is 0.408 e. The Morgan fingerprint density at radius 1 is 1.18 bits per heavy atom. The number of hydrogen-bond donors (Lipinski definition) is 4. The van der Waals surface area contributed by atoms with E-state index in [0.29, 0.717) is 0 Å². The maximum Gasteiger partial charge on any atom is 0.408 e. The fourth-order valence-corrected chi connectivity index (χ4v) is 2.26. The Kier molecular flexibility index (Phi) is 8.65. The summed E-state index contributed by atoms with van der Waals surface area (Å²) < 4.78 is 5.10. The molecular formula is C18H27N5O4S. The van der Waals surface area contributed by atoms with Crippen molar-refractivity contribution in [2.75, 3.05) is 13.6 Å². The predicted molar refractivity (Wildman–Crippen MR) is 109 cm³/mol. The number of benzene rings is 1. The summed E-state index contributed by atoms with van der Waals surface area (Å²) in [6.45, 7) is 4.84. The molecule has 1 rings (SSSR count). The van der Waals surface area contributed by atoms with Gasteiger partial charge in [0, 0.05) is 13.5 Å². The number of alkyl carbamates (subject to hydrolysis) is 1. The van der Waals surface area contributed by atoms with E-state index in [2.05, 4.69) is 28.4 Å². The maximum atomic E-state index is 12.5. The van der Waals surface area contributed by atoms with Gasteiger partial charge in [0.05, 0.1) is 0 Å². The Labute approximate surface area is 169 Å². The summed E-state index contributed by atoms with van der Waals surface area (Å²) in [5.74, 6) is -0.956. The van der Waals surface area contributed by atoms with Gasteiger partial charge >= 0.3 is 6.09 Å². The number of nitrogens with zero attached hydrogens (tertiary/aromatic N) is 1. The first-order valence-corrected chi connectivity index (χ1v) is 9.02. The van der Waals surface area contributed by atoms with Gasteiger partial charge < -0.3 is 20.7 Å². The Hall–Kier alpha value is -2.88. The average molecular weight is 410 g/mol. The third kappa shape index (κ3) is 8.67. The quantitative estimate of drug-likeness (QED) is 0.397. The van der Waals surface area contributed by atoms with E-state index in [0.717, 1.165) is 5.56 Å². The number of amides is 3. The van der Waals surface area contributed by atoms with Crippen LogP contribution in [0.15, 0.2) is 30.3 Å². The first-order chi connectivity index (χ1) is 13.0. The number of nitrogens with two attached hydrogens (primary N) is 1. The van der Waals surface area contributed by atoms with E-state index in [4.69, 9.17) is 10.5 Å². The largest absolute Gasteiger partial charge is 0.444 e. The summed E-state index contributed by atoms with van der Waals surface area (Å²) in [5, 5.41) is 2.28. The third-order valence-electron chi connectivity index (χ3n) is 3.53. The molecule has 0 aliphatic heterocycles. The van der Waals surface area contributed by atoms with Crippen molar-refractivity contribution in [3.63, 3.8) is 0 Å². The second-order valence-electron chi connectivity index (χ2n) is 7.04. The molecule has 0 unspecified atom stereocenters. The number of carbonyl (C=O) groups is 3. The lowest BCUT2D eigenvalue weighted by atomic mass is 10.0. The zero-order valence-electron chi connectivity index (χ0n) is 16.4. The fourth-order valence-electron chi connectivity index (χ4n) is 2.21. The first kappa shape index (κ1) is 23.2. The van der Waals surface area contributed by atoms with E-state index in [-0.39, 0.29) is 18.1 Å². The van der Waals surface area contributed by atoms with Crippen LogP contribution in [0.3, 0.4) is 0 Å². The number of rotatable bonds is 6. The number of thiocarbonyl (C=S) groups is 1. The van der Waals surface area contributed by atoms with Crippen LogP contribution in [0.4, 0.5) is 4.79 Å². The van der Waals surface area contributed by atoms with Crippen molar-refractivity contribution >= 4 is 35.2 Å². The fraction of sp³-hybridized carbons (Fsp3) is 0.444. The van der Waals surface area contributed by atoms with Crippen LogP contribution in [-0.4, -0.2) is 53.2 Å². The third-order valence-corrected chi connectivity index (χ3v) is 3.63. The molecule has 154 valence electrons. The molecule has 0 bridgehead atoms.